The number of benzene rings is 3. The quantitative estimate of drug-likeness (QED) is 0.461. The van der Waals surface area contributed by atoms with Crippen molar-refractivity contribution in [2.45, 2.75) is 6.92 Å². The molecular formula is C22H18N2S. The number of aromatic nitrogens is 1. The predicted octanol–water partition coefficient (Wildman–Crippen LogP) is 6.03. The summed E-state index contributed by atoms with van der Waals surface area (Å²) in [6.45, 7) is 2.01. The minimum absolute atomic E-state index is 0.807. The molecule has 0 aliphatic rings. The first-order valence-electron chi connectivity index (χ1n) is 8.18. The molecule has 2 nitrogen and oxygen atoms in total. The lowest BCUT2D eigenvalue weighted by Crippen LogP contribution is -1.89. The average molecular weight is 342 g/mol. The summed E-state index contributed by atoms with van der Waals surface area (Å²) in [7, 11) is 0. The Hall–Kier alpha value is -2.91. The van der Waals surface area contributed by atoms with Gasteiger partial charge in [0.15, 0.2) is 0 Å². The molecule has 0 aliphatic carbocycles. The van der Waals surface area contributed by atoms with E-state index in [1.807, 2.05) is 25.1 Å². The van der Waals surface area contributed by atoms with Crippen LogP contribution in [0.4, 0.5) is 5.69 Å². The Morgan fingerprint density at radius 2 is 1.40 bits per heavy atom. The maximum atomic E-state index is 6.02. The number of hydrogen-bond donors (Lipinski definition) is 1. The summed E-state index contributed by atoms with van der Waals surface area (Å²) < 4.78 is 0. The SMILES string of the molecule is Cc1ccc(-c2nc(-c3ccc(-c4ccccc4)cc3)cs2)cc1N. The second-order valence-electron chi connectivity index (χ2n) is 6.05. The maximum Gasteiger partial charge on any atom is 0.124 e. The number of nitrogen functional groups attached to an aromatic ring is 1. The van der Waals surface area contributed by atoms with Crippen molar-refractivity contribution in [3.05, 3.63) is 83.7 Å². The molecule has 0 radical (unpaired) electrons. The number of thiazole rings is 1. The summed E-state index contributed by atoms with van der Waals surface area (Å²) in [5, 5.41) is 3.09. The molecule has 0 fully saturated rings. The molecule has 0 atom stereocenters. The highest BCUT2D eigenvalue weighted by atomic mass is 32.1. The largest absolute Gasteiger partial charge is 0.398 e. The smallest absolute Gasteiger partial charge is 0.124 e. The van der Waals surface area contributed by atoms with Gasteiger partial charge in [-0.25, -0.2) is 4.98 Å². The average Bonchev–Trinajstić information content (AvgIpc) is 3.15. The van der Waals surface area contributed by atoms with E-state index in [9.17, 15) is 0 Å². The van der Waals surface area contributed by atoms with Crippen LogP contribution in [-0.4, -0.2) is 4.98 Å². The lowest BCUT2D eigenvalue weighted by Gasteiger charge is -2.03. The fourth-order valence-electron chi connectivity index (χ4n) is 2.78. The van der Waals surface area contributed by atoms with Crippen LogP contribution in [0.25, 0.3) is 33.0 Å². The van der Waals surface area contributed by atoms with Crippen LogP contribution in [-0.2, 0) is 0 Å². The summed E-state index contributed by atoms with van der Waals surface area (Å²) >= 11 is 1.65. The van der Waals surface area contributed by atoms with Crippen LogP contribution in [0.2, 0.25) is 0 Å². The van der Waals surface area contributed by atoms with Gasteiger partial charge >= 0.3 is 0 Å². The van der Waals surface area contributed by atoms with Gasteiger partial charge in [-0.15, -0.1) is 11.3 Å². The van der Waals surface area contributed by atoms with Gasteiger partial charge in [0, 0.05) is 22.2 Å². The molecule has 0 bridgehead atoms. The first-order chi connectivity index (χ1) is 12.2. The van der Waals surface area contributed by atoms with Crippen LogP contribution >= 0.6 is 11.3 Å². The van der Waals surface area contributed by atoms with Crippen molar-refractivity contribution < 1.29 is 0 Å². The fraction of sp³-hybridized carbons (Fsp3) is 0.0455. The molecule has 1 heterocycles. The van der Waals surface area contributed by atoms with Crippen LogP contribution in [0.5, 0.6) is 0 Å². The first kappa shape index (κ1) is 15.6. The van der Waals surface area contributed by atoms with Crippen molar-refractivity contribution in [2.24, 2.45) is 0 Å². The highest BCUT2D eigenvalue weighted by Gasteiger charge is 2.08. The number of anilines is 1. The van der Waals surface area contributed by atoms with Crippen molar-refractivity contribution in [1.29, 1.82) is 0 Å². The van der Waals surface area contributed by atoms with E-state index >= 15 is 0 Å². The van der Waals surface area contributed by atoms with Gasteiger partial charge in [0.05, 0.1) is 5.69 Å². The van der Waals surface area contributed by atoms with Gasteiger partial charge in [-0.1, -0.05) is 66.7 Å². The standard InChI is InChI=1S/C22H18N2S/c1-15-7-8-19(13-20(15)23)22-24-21(14-25-22)18-11-9-17(10-12-18)16-5-3-2-4-6-16/h2-14H,23H2,1H3. The first-order valence-corrected chi connectivity index (χ1v) is 9.06. The van der Waals surface area contributed by atoms with Crippen molar-refractivity contribution in [3.8, 4) is 33.0 Å². The molecule has 3 aromatic carbocycles. The zero-order valence-electron chi connectivity index (χ0n) is 13.9. The number of nitrogens with zero attached hydrogens (tertiary/aromatic N) is 1. The normalized spacial score (nSPS) is 10.8. The molecule has 4 rings (SSSR count). The van der Waals surface area contributed by atoms with E-state index in [1.54, 1.807) is 11.3 Å². The van der Waals surface area contributed by atoms with Crippen molar-refractivity contribution in [1.82, 2.24) is 4.98 Å². The van der Waals surface area contributed by atoms with Gasteiger partial charge in [0.1, 0.15) is 5.01 Å². The molecule has 4 aromatic rings. The number of aryl methyl sites for hydroxylation is 1. The fourth-order valence-corrected chi connectivity index (χ4v) is 3.60. The molecule has 0 saturated carbocycles. The van der Waals surface area contributed by atoms with Crippen LogP contribution < -0.4 is 5.73 Å². The minimum atomic E-state index is 0.807. The zero-order valence-corrected chi connectivity index (χ0v) is 14.8. The van der Waals surface area contributed by atoms with Crippen molar-refractivity contribution in [3.63, 3.8) is 0 Å². The van der Waals surface area contributed by atoms with E-state index in [0.29, 0.717) is 0 Å². The highest BCUT2D eigenvalue weighted by Crippen LogP contribution is 2.31. The van der Waals surface area contributed by atoms with E-state index < -0.39 is 0 Å². The Kier molecular flexibility index (Phi) is 4.08. The Bertz CT molecular complexity index is 1000. The summed E-state index contributed by atoms with van der Waals surface area (Å²) in [6.07, 6.45) is 0. The lowest BCUT2D eigenvalue weighted by atomic mass is 10.0. The topological polar surface area (TPSA) is 38.9 Å². The minimum Gasteiger partial charge on any atom is -0.398 e. The van der Waals surface area contributed by atoms with Gasteiger partial charge in [-0.05, 0) is 29.7 Å². The molecule has 0 aliphatic heterocycles. The molecule has 0 amide bonds. The van der Waals surface area contributed by atoms with Gasteiger partial charge in [-0.2, -0.15) is 0 Å². The van der Waals surface area contributed by atoms with Gasteiger partial charge in [0.2, 0.25) is 0 Å². The third kappa shape index (κ3) is 3.19. The van der Waals surface area contributed by atoms with E-state index in [1.165, 1.54) is 11.1 Å². The van der Waals surface area contributed by atoms with Crippen LogP contribution in [0, 0.1) is 6.92 Å². The molecule has 25 heavy (non-hydrogen) atoms. The molecule has 3 heteroatoms. The number of rotatable bonds is 3. The van der Waals surface area contributed by atoms with Crippen LogP contribution in [0.3, 0.4) is 0 Å². The molecule has 0 spiro atoms. The summed E-state index contributed by atoms with van der Waals surface area (Å²) in [5.74, 6) is 0. The van der Waals surface area contributed by atoms with Gasteiger partial charge < -0.3 is 5.73 Å². The van der Waals surface area contributed by atoms with E-state index in [0.717, 1.165) is 33.1 Å². The second kappa shape index (κ2) is 6.54. The second-order valence-corrected chi connectivity index (χ2v) is 6.91. The molecule has 122 valence electrons. The molecule has 0 saturated heterocycles. The molecule has 2 N–H and O–H groups in total. The Balaban J connectivity index is 1.63. The van der Waals surface area contributed by atoms with E-state index in [-0.39, 0.29) is 0 Å². The Morgan fingerprint density at radius 3 is 2.12 bits per heavy atom. The molecule has 0 unspecified atom stereocenters. The zero-order chi connectivity index (χ0) is 17.2. The third-order valence-electron chi connectivity index (χ3n) is 4.32. The summed E-state index contributed by atoms with van der Waals surface area (Å²) in [5.41, 5.74) is 13.6. The highest BCUT2D eigenvalue weighted by molar-refractivity contribution is 7.13. The Morgan fingerprint density at radius 1 is 0.760 bits per heavy atom. The van der Waals surface area contributed by atoms with Crippen molar-refractivity contribution >= 4 is 17.0 Å². The van der Waals surface area contributed by atoms with E-state index in [2.05, 4.69) is 60.0 Å². The van der Waals surface area contributed by atoms with Gasteiger partial charge in [0.25, 0.3) is 0 Å². The monoisotopic (exact) mass is 342 g/mol. The van der Waals surface area contributed by atoms with E-state index in [4.69, 9.17) is 10.7 Å². The lowest BCUT2D eigenvalue weighted by molar-refractivity contribution is 1.39. The number of nitrogens with two attached hydrogens (primary N) is 1. The summed E-state index contributed by atoms with van der Waals surface area (Å²) in [4.78, 5) is 4.79. The van der Waals surface area contributed by atoms with Crippen LogP contribution in [0.15, 0.2) is 78.2 Å². The molecular weight excluding hydrogens is 324 g/mol. The van der Waals surface area contributed by atoms with Crippen molar-refractivity contribution in [2.75, 3.05) is 5.73 Å². The van der Waals surface area contributed by atoms with Gasteiger partial charge in [-0.3, -0.25) is 0 Å². The molecule has 1 aromatic heterocycles. The number of hydrogen-bond acceptors (Lipinski definition) is 3. The Labute approximate surface area is 151 Å². The third-order valence-corrected chi connectivity index (χ3v) is 5.21. The predicted molar refractivity (Wildman–Crippen MR) is 108 cm³/mol. The van der Waals surface area contributed by atoms with Crippen LogP contribution in [0.1, 0.15) is 5.56 Å². The maximum absolute atomic E-state index is 6.02. The summed E-state index contributed by atoms with van der Waals surface area (Å²) in [6, 6.07) is 25.1.